The molecule has 0 saturated heterocycles. The Balaban J connectivity index is 1.59. The van der Waals surface area contributed by atoms with Gasteiger partial charge in [0.25, 0.3) is 0 Å². The van der Waals surface area contributed by atoms with Crippen LogP contribution >= 0.6 is 0 Å². The van der Waals surface area contributed by atoms with Crippen molar-refractivity contribution in [1.29, 1.82) is 0 Å². The first-order chi connectivity index (χ1) is 16.3. The predicted molar refractivity (Wildman–Crippen MR) is 127 cm³/mol. The zero-order valence-electron chi connectivity index (χ0n) is 18.9. The second-order valence-electron chi connectivity index (χ2n) is 8.53. The zero-order valence-corrected chi connectivity index (χ0v) is 18.9. The Bertz CT molecular complexity index is 1220. The molecule has 3 aromatic rings. The first-order valence-corrected chi connectivity index (χ1v) is 11.2. The number of amides is 1. The summed E-state index contributed by atoms with van der Waals surface area (Å²) in [6.07, 6.45) is 1.30. The fraction of sp³-hybridized carbons (Fsp3) is 0.259. The number of phenols is 1. The van der Waals surface area contributed by atoms with Gasteiger partial charge in [-0.25, -0.2) is 0 Å². The molecule has 0 aromatic heterocycles. The second-order valence-corrected chi connectivity index (χ2v) is 8.53. The predicted octanol–water partition coefficient (Wildman–Crippen LogP) is 4.67. The summed E-state index contributed by atoms with van der Waals surface area (Å²) in [6, 6.07) is 16.2. The normalized spacial score (nSPS) is 13.2. The highest BCUT2D eigenvalue weighted by Gasteiger charge is 2.24. The van der Waals surface area contributed by atoms with Gasteiger partial charge in [-0.15, -0.1) is 0 Å². The maximum Gasteiger partial charge on any atom is 0.312 e. The van der Waals surface area contributed by atoms with Gasteiger partial charge in [-0.05, 0) is 67.1 Å². The number of hydrogen-bond donors (Lipinski definition) is 4. The molecule has 0 saturated carbocycles. The number of carbonyl (C=O) groups is 2. The Hall–Kier alpha value is -3.84. The first-order valence-electron chi connectivity index (χ1n) is 11.2. The molecule has 1 amide bonds. The van der Waals surface area contributed by atoms with E-state index < -0.39 is 24.4 Å². The van der Waals surface area contributed by atoms with Gasteiger partial charge in [-0.1, -0.05) is 30.3 Å². The van der Waals surface area contributed by atoms with E-state index in [9.17, 15) is 19.8 Å². The van der Waals surface area contributed by atoms with E-state index in [1.165, 1.54) is 6.07 Å². The van der Waals surface area contributed by atoms with Crippen LogP contribution in [0, 0.1) is 6.92 Å². The molecule has 4 rings (SSSR count). The van der Waals surface area contributed by atoms with Gasteiger partial charge in [0.2, 0.25) is 5.91 Å². The van der Waals surface area contributed by atoms with E-state index in [-0.39, 0.29) is 5.75 Å². The molecule has 0 heterocycles. The molecule has 176 valence electrons. The molecule has 3 aromatic carbocycles. The van der Waals surface area contributed by atoms with Crippen molar-refractivity contribution in [3.8, 4) is 17.2 Å². The number of rotatable bonds is 8. The fourth-order valence-electron chi connectivity index (χ4n) is 4.41. The zero-order chi connectivity index (χ0) is 24.2. The standard InChI is InChI=1S/C27H27NO6/c1-16-12-22(28-25(31)15-26(32)33)19-8-5-9-20(19)27(16)34-18-10-11-23(29)21(14-18)24(30)13-17-6-3-2-4-7-17/h2-4,6-7,10-12,14,24,29-30H,5,8-9,13,15H2,1H3,(H,28,31)(H,32,33). The van der Waals surface area contributed by atoms with Gasteiger partial charge in [0.15, 0.2) is 0 Å². The number of aliphatic hydroxyl groups is 1. The van der Waals surface area contributed by atoms with Gasteiger partial charge >= 0.3 is 5.97 Å². The van der Waals surface area contributed by atoms with Crippen LogP contribution < -0.4 is 10.1 Å². The molecule has 1 aliphatic rings. The average molecular weight is 462 g/mol. The fourth-order valence-corrected chi connectivity index (χ4v) is 4.41. The molecule has 0 spiro atoms. The lowest BCUT2D eigenvalue weighted by molar-refractivity contribution is -0.139. The number of hydrogen-bond acceptors (Lipinski definition) is 5. The number of anilines is 1. The van der Waals surface area contributed by atoms with Gasteiger partial charge in [-0.2, -0.15) is 0 Å². The lowest BCUT2D eigenvalue weighted by Crippen LogP contribution is -2.17. The summed E-state index contributed by atoms with van der Waals surface area (Å²) in [4.78, 5) is 22.8. The van der Waals surface area contributed by atoms with Crippen molar-refractivity contribution in [2.24, 2.45) is 0 Å². The van der Waals surface area contributed by atoms with Crippen LogP contribution in [0.1, 0.15) is 46.8 Å². The summed E-state index contributed by atoms with van der Waals surface area (Å²) in [5.41, 5.74) is 4.68. The van der Waals surface area contributed by atoms with Crippen LogP contribution in [-0.2, 0) is 28.9 Å². The number of ether oxygens (including phenoxy) is 1. The molecule has 1 unspecified atom stereocenters. The average Bonchev–Trinajstić information content (AvgIpc) is 3.28. The van der Waals surface area contributed by atoms with E-state index in [0.29, 0.717) is 29.2 Å². The van der Waals surface area contributed by atoms with Gasteiger partial charge < -0.3 is 25.4 Å². The summed E-state index contributed by atoms with van der Waals surface area (Å²) in [5, 5.41) is 32.7. The monoisotopic (exact) mass is 461 g/mol. The number of carboxylic acids is 1. The van der Waals surface area contributed by atoms with E-state index in [0.717, 1.165) is 41.5 Å². The molecule has 0 bridgehead atoms. The van der Waals surface area contributed by atoms with E-state index >= 15 is 0 Å². The van der Waals surface area contributed by atoms with Crippen LogP contribution in [0.25, 0.3) is 0 Å². The van der Waals surface area contributed by atoms with Crippen LogP contribution in [0.4, 0.5) is 5.69 Å². The number of aliphatic hydroxyl groups excluding tert-OH is 1. The Morgan fingerprint density at radius 1 is 1.06 bits per heavy atom. The number of aryl methyl sites for hydroxylation is 1. The highest BCUT2D eigenvalue weighted by Crippen LogP contribution is 2.41. The molecule has 34 heavy (non-hydrogen) atoms. The Kier molecular flexibility index (Phi) is 6.84. The highest BCUT2D eigenvalue weighted by molar-refractivity contribution is 6.02. The molecule has 7 nitrogen and oxygen atoms in total. The summed E-state index contributed by atoms with van der Waals surface area (Å²) in [5.74, 6) is -0.583. The Morgan fingerprint density at radius 3 is 2.53 bits per heavy atom. The van der Waals surface area contributed by atoms with Gasteiger partial charge in [0.1, 0.15) is 23.7 Å². The van der Waals surface area contributed by atoms with Gasteiger partial charge in [0, 0.05) is 23.2 Å². The van der Waals surface area contributed by atoms with E-state index in [1.807, 2.05) is 37.3 Å². The van der Waals surface area contributed by atoms with Crippen LogP contribution in [0.5, 0.6) is 17.2 Å². The summed E-state index contributed by atoms with van der Waals surface area (Å²) >= 11 is 0. The molecule has 0 radical (unpaired) electrons. The van der Waals surface area contributed by atoms with Crippen molar-refractivity contribution >= 4 is 17.6 Å². The number of carbonyl (C=O) groups excluding carboxylic acids is 1. The smallest absolute Gasteiger partial charge is 0.312 e. The number of aliphatic carboxylic acids is 1. The molecular formula is C27H27NO6. The second kappa shape index (κ2) is 9.97. The van der Waals surface area contributed by atoms with E-state index in [4.69, 9.17) is 9.84 Å². The minimum Gasteiger partial charge on any atom is -0.508 e. The SMILES string of the molecule is Cc1cc(NC(=O)CC(=O)O)c2c(c1Oc1ccc(O)c(C(O)Cc3ccccc3)c1)CCC2. The topological polar surface area (TPSA) is 116 Å². The number of fused-ring (bicyclic) bond motifs is 1. The number of benzene rings is 3. The van der Waals surface area contributed by atoms with Crippen LogP contribution in [0.15, 0.2) is 54.6 Å². The van der Waals surface area contributed by atoms with E-state index in [1.54, 1.807) is 18.2 Å². The third-order valence-corrected chi connectivity index (χ3v) is 5.97. The minimum atomic E-state index is -1.18. The summed E-state index contributed by atoms with van der Waals surface area (Å²) < 4.78 is 6.24. The molecular weight excluding hydrogens is 434 g/mol. The highest BCUT2D eigenvalue weighted by atomic mass is 16.5. The molecule has 0 aliphatic heterocycles. The van der Waals surface area contributed by atoms with Crippen molar-refractivity contribution < 1.29 is 29.6 Å². The Morgan fingerprint density at radius 2 is 1.79 bits per heavy atom. The van der Waals surface area contributed by atoms with Crippen molar-refractivity contribution in [2.75, 3.05) is 5.32 Å². The van der Waals surface area contributed by atoms with Gasteiger partial charge in [0.05, 0.1) is 6.10 Å². The molecule has 4 N–H and O–H groups in total. The summed E-state index contributed by atoms with van der Waals surface area (Å²) in [6.45, 7) is 1.87. The number of aromatic hydroxyl groups is 1. The lowest BCUT2D eigenvalue weighted by Gasteiger charge is -2.19. The largest absolute Gasteiger partial charge is 0.508 e. The molecule has 1 atom stereocenters. The maximum absolute atomic E-state index is 12.0. The summed E-state index contributed by atoms with van der Waals surface area (Å²) in [7, 11) is 0. The van der Waals surface area contributed by atoms with Crippen molar-refractivity contribution in [3.05, 3.63) is 82.4 Å². The van der Waals surface area contributed by atoms with Crippen LogP contribution in [-0.4, -0.2) is 27.2 Å². The number of phenolic OH excluding ortho intramolecular Hbond substituents is 1. The Labute approximate surface area is 197 Å². The number of carboxylic acid groups (broad SMARTS) is 1. The van der Waals surface area contributed by atoms with E-state index in [2.05, 4.69) is 5.32 Å². The maximum atomic E-state index is 12.0. The minimum absolute atomic E-state index is 0.00535. The van der Waals surface area contributed by atoms with Crippen molar-refractivity contribution in [3.63, 3.8) is 0 Å². The van der Waals surface area contributed by atoms with Crippen LogP contribution in [0.3, 0.4) is 0 Å². The molecule has 7 heteroatoms. The van der Waals surface area contributed by atoms with Crippen molar-refractivity contribution in [2.45, 2.75) is 45.1 Å². The molecule has 0 fully saturated rings. The third-order valence-electron chi connectivity index (χ3n) is 5.97. The van der Waals surface area contributed by atoms with Gasteiger partial charge in [-0.3, -0.25) is 9.59 Å². The molecule has 1 aliphatic carbocycles. The first kappa shape index (κ1) is 23.3. The third kappa shape index (κ3) is 5.21. The number of nitrogens with one attached hydrogen (secondary N) is 1. The lowest BCUT2D eigenvalue weighted by atomic mass is 10.00. The van der Waals surface area contributed by atoms with Crippen LogP contribution in [0.2, 0.25) is 0 Å². The quantitative estimate of drug-likeness (QED) is 0.362. The van der Waals surface area contributed by atoms with Crippen molar-refractivity contribution in [1.82, 2.24) is 0 Å².